The van der Waals surface area contributed by atoms with Gasteiger partial charge in [0.25, 0.3) is 0 Å². The van der Waals surface area contributed by atoms with Gasteiger partial charge in [-0.1, -0.05) is 59.6 Å². The molecule has 4 aromatic rings. The Morgan fingerprint density at radius 3 is 2.33 bits per heavy atom. The van der Waals surface area contributed by atoms with Crippen LogP contribution < -0.4 is 10.9 Å². The molecule has 0 fully saturated rings. The monoisotopic (exact) mass is 530 g/mol. The molecular weight excluding hydrogens is 512 g/mol. The van der Waals surface area contributed by atoms with Crippen molar-refractivity contribution in [3.05, 3.63) is 99.9 Å². The number of carbonyl (C=O) groups excluding carboxylic acids is 1. The van der Waals surface area contributed by atoms with Crippen LogP contribution in [0, 0.1) is 6.92 Å². The predicted molar refractivity (Wildman–Crippen MR) is 135 cm³/mol. The Labute approximate surface area is 215 Å². The van der Waals surface area contributed by atoms with Gasteiger partial charge in [-0.3, -0.25) is 15.6 Å². The van der Waals surface area contributed by atoms with Gasteiger partial charge in [-0.05, 0) is 53.9 Å². The highest BCUT2D eigenvalue weighted by Crippen LogP contribution is 2.37. The van der Waals surface area contributed by atoms with Crippen LogP contribution in [0.5, 0.6) is 0 Å². The van der Waals surface area contributed by atoms with Crippen molar-refractivity contribution in [2.45, 2.75) is 19.5 Å². The highest BCUT2D eigenvalue weighted by Gasteiger charge is 2.32. The van der Waals surface area contributed by atoms with E-state index in [2.05, 4.69) is 20.8 Å². The zero-order chi connectivity index (χ0) is 25.9. The molecule has 0 atom stereocenters. The molecule has 0 aliphatic rings. The number of benzene rings is 2. The first-order chi connectivity index (χ1) is 17.1. The Morgan fingerprint density at radius 1 is 0.944 bits per heavy atom. The Balaban J connectivity index is 1.55. The number of hydrogen-bond acceptors (Lipinski definition) is 4. The summed E-state index contributed by atoms with van der Waals surface area (Å²) in [5.41, 5.74) is 8.04. The fourth-order valence-corrected chi connectivity index (χ4v) is 3.94. The molecule has 10 heteroatoms. The molecule has 0 aliphatic carbocycles. The molecule has 0 saturated carbocycles. The van der Waals surface area contributed by atoms with Crippen LogP contribution in [-0.4, -0.2) is 15.9 Å². The molecule has 0 saturated heterocycles. The fraction of sp³-hybridized carbons (Fsp3) is 0.115. The molecule has 4 rings (SSSR count). The van der Waals surface area contributed by atoms with Crippen molar-refractivity contribution in [1.29, 1.82) is 0 Å². The van der Waals surface area contributed by atoms with Crippen LogP contribution in [0.25, 0.3) is 22.3 Å². The number of rotatable bonds is 6. The molecule has 0 spiro atoms. The third-order valence-corrected chi connectivity index (χ3v) is 5.97. The Bertz CT molecular complexity index is 1410. The van der Waals surface area contributed by atoms with Crippen molar-refractivity contribution in [2.24, 2.45) is 0 Å². The van der Waals surface area contributed by atoms with E-state index >= 15 is 0 Å². The lowest BCUT2D eigenvalue weighted by Crippen LogP contribution is -2.31. The summed E-state index contributed by atoms with van der Waals surface area (Å²) in [4.78, 5) is 20.4. The maximum atomic E-state index is 12.8. The summed E-state index contributed by atoms with van der Waals surface area (Å²) in [7, 11) is 0. The molecule has 2 aromatic carbocycles. The van der Waals surface area contributed by atoms with E-state index < -0.39 is 17.8 Å². The third kappa shape index (κ3) is 5.95. The number of aryl methyl sites for hydroxylation is 1. The lowest BCUT2D eigenvalue weighted by Gasteiger charge is -2.15. The largest absolute Gasteiger partial charge is 0.433 e. The van der Waals surface area contributed by atoms with Crippen LogP contribution in [0.3, 0.4) is 0 Å². The van der Waals surface area contributed by atoms with Crippen molar-refractivity contribution in [3.8, 4) is 22.3 Å². The first kappa shape index (κ1) is 25.5. The minimum atomic E-state index is -4.54. The van der Waals surface area contributed by atoms with Gasteiger partial charge in [-0.15, -0.1) is 0 Å². The summed E-state index contributed by atoms with van der Waals surface area (Å²) in [5.74, 6) is -0.115. The predicted octanol–water partition coefficient (Wildman–Crippen LogP) is 7.13. The summed E-state index contributed by atoms with van der Waals surface area (Å²) >= 11 is 12.5. The Hall–Kier alpha value is -3.62. The maximum absolute atomic E-state index is 12.8. The number of alkyl halides is 3. The molecule has 184 valence electrons. The molecular formula is C26H19Cl2F3N4O. The van der Waals surface area contributed by atoms with Gasteiger partial charge in [0.2, 0.25) is 5.91 Å². The zero-order valence-corrected chi connectivity index (χ0v) is 20.3. The number of aromatic nitrogens is 2. The lowest BCUT2D eigenvalue weighted by atomic mass is 9.96. The normalized spacial score (nSPS) is 11.3. The van der Waals surface area contributed by atoms with E-state index in [4.69, 9.17) is 23.2 Å². The van der Waals surface area contributed by atoms with Gasteiger partial charge in [-0.2, -0.15) is 13.2 Å². The Morgan fingerprint density at radius 2 is 1.67 bits per heavy atom. The van der Waals surface area contributed by atoms with Gasteiger partial charge in [-0.25, -0.2) is 9.97 Å². The second kappa shape index (κ2) is 10.6. The van der Waals surface area contributed by atoms with Gasteiger partial charge in [0.05, 0.1) is 6.42 Å². The Kier molecular flexibility index (Phi) is 7.47. The number of pyridine rings is 2. The highest BCUT2D eigenvalue weighted by atomic mass is 35.5. The molecule has 0 radical (unpaired) electrons. The molecule has 0 unspecified atom stereocenters. The second-order valence-corrected chi connectivity index (χ2v) is 8.73. The molecule has 5 nitrogen and oxygen atoms in total. The molecule has 36 heavy (non-hydrogen) atoms. The van der Waals surface area contributed by atoms with E-state index in [0.29, 0.717) is 21.4 Å². The van der Waals surface area contributed by atoms with Gasteiger partial charge < -0.3 is 0 Å². The topological polar surface area (TPSA) is 66.9 Å². The van der Waals surface area contributed by atoms with Crippen molar-refractivity contribution in [1.82, 2.24) is 15.4 Å². The number of halogens is 5. The molecule has 2 N–H and O–H groups in total. The van der Waals surface area contributed by atoms with Crippen molar-refractivity contribution in [3.63, 3.8) is 0 Å². The van der Waals surface area contributed by atoms with Gasteiger partial charge in [0.15, 0.2) is 0 Å². The van der Waals surface area contributed by atoms with Gasteiger partial charge in [0, 0.05) is 33.1 Å². The van der Waals surface area contributed by atoms with Crippen LogP contribution in [-0.2, 0) is 17.4 Å². The van der Waals surface area contributed by atoms with Crippen LogP contribution in [0.4, 0.5) is 19.0 Å². The highest BCUT2D eigenvalue weighted by molar-refractivity contribution is 6.33. The average Bonchev–Trinajstić information content (AvgIpc) is 2.84. The third-order valence-electron chi connectivity index (χ3n) is 5.39. The number of hydrazine groups is 1. The number of anilines is 1. The van der Waals surface area contributed by atoms with Crippen LogP contribution in [0.2, 0.25) is 10.0 Å². The SMILES string of the molecule is Cc1nc(C(F)(F)F)ccc1CC(=O)NNc1cc(-c2ccc(Cl)cc2)c(-c2ccccc2Cl)cn1. The number of amides is 1. The summed E-state index contributed by atoms with van der Waals surface area (Å²) in [6.07, 6.45) is -3.06. The second-order valence-electron chi connectivity index (χ2n) is 7.89. The van der Waals surface area contributed by atoms with Crippen LogP contribution in [0.1, 0.15) is 17.0 Å². The fourth-order valence-electron chi connectivity index (χ4n) is 3.57. The summed E-state index contributed by atoms with van der Waals surface area (Å²) in [5, 5.41) is 1.15. The first-order valence-corrected chi connectivity index (χ1v) is 11.5. The van der Waals surface area contributed by atoms with E-state index in [0.717, 1.165) is 28.3 Å². The lowest BCUT2D eigenvalue weighted by molar-refractivity contribution is -0.141. The minimum Gasteiger partial charge on any atom is -0.282 e. The summed E-state index contributed by atoms with van der Waals surface area (Å²) in [6.45, 7) is 1.43. The first-order valence-electron chi connectivity index (χ1n) is 10.7. The van der Waals surface area contributed by atoms with Crippen molar-refractivity contribution >= 4 is 34.9 Å². The smallest absolute Gasteiger partial charge is 0.282 e. The zero-order valence-electron chi connectivity index (χ0n) is 18.8. The van der Waals surface area contributed by atoms with E-state index in [-0.39, 0.29) is 12.1 Å². The van der Waals surface area contributed by atoms with E-state index in [1.54, 1.807) is 30.5 Å². The molecule has 2 heterocycles. The number of hydrogen-bond donors (Lipinski definition) is 2. The van der Waals surface area contributed by atoms with Crippen molar-refractivity contribution < 1.29 is 18.0 Å². The standard InChI is InChI=1S/C26H19Cl2F3N4O/c1-15-17(8-11-23(33-15)26(29,30)31)12-25(36)35-34-24-13-20(16-6-9-18(27)10-7-16)21(14-32-24)19-4-2-3-5-22(19)28/h2-11,13-14H,12H2,1H3,(H,32,34)(H,35,36). The number of carbonyl (C=O) groups is 1. The van der Waals surface area contributed by atoms with E-state index in [9.17, 15) is 18.0 Å². The summed E-state index contributed by atoms with van der Waals surface area (Å²) < 4.78 is 38.5. The molecule has 2 aromatic heterocycles. The van der Waals surface area contributed by atoms with Crippen LogP contribution >= 0.6 is 23.2 Å². The number of nitrogens with zero attached hydrogens (tertiary/aromatic N) is 2. The van der Waals surface area contributed by atoms with Crippen molar-refractivity contribution in [2.75, 3.05) is 5.43 Å². The quantitative estimate of drug-likeness (QED) is 0.260. The summed E-state index contributed by atoms with van der Waals surface area (Å²) in [6, 6.07) is 18.5. The van der Waals surface area contributed by atoms with Gasteiger partial charge >= 0.3 is 6.18 Å². The number of nitrogens with one attached hydrogen (secondary N) is 2. The van der Waals surface area contributed by atoms with Gasteiger partial charge in [0.1, 0.15) is 11.5 Å². The van der Waals surface area contributed by atoms with E-state index in [1.165, 1.54) is 13.0 Å². The minimum absolute atomic E-state index is 0.132. The molecule has 1 amide bonds. The van der Waals surface area contributed by atoms with E-state index in [1.807, 2.05) is 30.3 Å². The maximum Gasteiger partial charge on any atom is 0.433 e. The molecule has 0 bridgehead atoms. The van der Waals surface area contributed by atoms with Crippen LogP contribution in [0.15, 0.2) is 72.9 Å². The molecule has 0 aliphatic heterocycles. The average molecular weight is 531 g/mol.